The standard InChI is InChI=1S/C21H22BNO4/c24-21(16-10-9-14-5-1-2-6-15(14)11-16)23-20(22(25)26)12-17-13-27-19-8-4-3-7-18(17)19/h1-8,13,16,20,25-26H,9-12H2,(H,23,24)/t16?,20-/m0/s1. The second-order valence-electron chi connectivity index (χ2n) is 7.20. The molecule has 0 bridgehead atoms. The van der Waals surface area contributed by atoms with E-state index < -0.39 is 13.1 Å². The molecule has 1 aliphatic rings. The van der Waals surface area contributed by atoms with Crippen molar-refractivity contribution in [3.8, 4) is 0 Å². The molecule has 0 radical (unpaired) electrons. The summed E-state index contributed by atoms with van der Waals surface area (Å²) in [5, 5.41) is 23.4. The molecule has 2 aromatic carbocycles. The monoisotopic (exact) mass is 363 g/mol. The second kappa shape index (κ2) is 7.58. The molecule has 27 heavy (non-hydrogen) atoms. The zero-order valence-electron chi connectivity index (χ0n) is 15.0. The minimum Gasteiger partial charge on any atom is -0.464 e. The Bertz CT molecular complexity index is 952. The number of para-hydroxylation sites is 1. The largest absolute Gasteiger partial charge is 0.475 e. The number of carbonyl (C=O) groups is 1. The van der Waals surface area contributed by atoms with Crippen LogP contribution in [0, 0.1) is 5.92 Å². The van der Waals surface area contributed by atoms with Crippen molar-refractivity contribution in [2.75, 3.05) is 0 Å². The van der Waals surface area contributed by atoms with Crippen LogP contribution in [0.5, 0.6) is 0 Å². The molecule has 0 saturated heterocycles. The van der Waals surface area contributed by atoms with E-state index in [0.29, 0.717) is 12.8 Å². The number of nitrogens with one attached hydrogen (secondary N) is 1. The third kappa shape index (κ3) is 3.77. The van der Waals surface area contributed by atoms with E-state index in [2.05, 4.69) is 17.4 Å². The first kappa shape index (κ1) is 17.8. The van der Waals surface area contributed by atoms with Crippen molar-refractivity contribution < 1.29 is 19.3 Å². The summed E-state index contributed by atoms with van der Waals surface area (Å²) in [6.07, 6.45) is 4.23. The van der Waals surface area contributed by atoms with E-state index in [1.807, 2.05) is 36.4 Å². The molecule has 4 rings (SSSR count). The average molecular weight is 363 g/mol. The van der Waals surface area contributed by atoms with Crippen molar-refractivity contribution in [2.45, 2.75) is 31.6 Å². The van der Waals surface area contributed by atoms with Gasteiger partial charge in [-0.2, -0.15) is 0 Å². The normalized spacial score (nSPS) is 17.3. The smallest absolute Gasteiger partial charge is 0.464 e. The van der Waals surface area contributed by atoms with E-state index in [1.165, 1.54) is 11.1 Å². The van der Waals surface area contributed by atoms with Gasteiger partial charge < -0.3 is 19.8 Å². The molecule has 2 atom stereocenters. The van der Waals surface area contributed by atoms with Crippen LogP contribution in [0.2, 0.25) is 0 Å². The molecule has 3 aromatic rings. The van der Waals surface area contributed by atoms with Gasteiger partial charge in [0.1, 0.15) is 5.58 Å². The van der Waals surface area contributed by atoms with Gasteiger partial charge in [0.25, 0.3) is 0 Å². The van der Waals surface area contributed by atoms with Crippen molar-refractivity contribution in [1.82, 2.24) is 5.32 Å². The van der Waals surface area contributed by atoms with Crippen molar-refractivity contribution in [3.63, 3.8) is 0 Å². The van der Waals surface area contributed by atoms with Crippen LogP contribution in [0.3, 0.4) is 0 Å². The topological polar surface area (TPSA) is 82.7 Å². The molecule has 3 N–H and O–H groups in total. The highest BCUT2D eigenvalue weighted by Crippen LogP contribution is 2.26. The van der Waals surface area contributed by atoms with Gasteiger partial charge in [-0.15, -0.1) is 0 Å². The molecule has 1 aromatic heterocycles. The molecule has 0 spiro atoms. The molecule has 0 saturated carbocycles. The lowest BCUT2D eigenvalue weighted by molar-refractivity contribution is -0.125. The van der Waals surface area contributed by atoms with Gasteiger partial charge in [0.05, 0.1) is 12.2 Å². The number of hydrogen-bond donors (Lipinski definition) is 3. The number of carbonyl (C=O) groups excluding carboxylic acids is 1. The Morgan fingerprint density at radius 3 is 2.70 bits per heavy atom. The minimum absolute atomic E-state index is 0.129. The van der Waals surface area contributed by atoms with E-state index in [4.69, 9.17) is 4.42 Å². The SMILES string of the molecule is O=C(N[C@@H](Cc1coc2ccccc12)B(O)O)C1CCc2ccccc2C1. The van der Waals surface area contributed by atoms with Crippen LogP contribution in [0.1, 0.15) is 23.1 Å². The summed E-state index contributed by atoms with van der Waals surface area (Å²) in [5.41, 5.74) is 4.09. The highest BCUT2D eigenvalue weighted by atomic mass is 16.4. The van der Waals surface area contributed by atoms with E-state index in [9.17, 15) is 14.8 Å². The zero-order chi connectivity index (χ0) is 18.8. The lowest BCUT2D eigenvalue weighted by atomic mass is 9.75. The van der Waals surface area contributed by atoms with Gasteiger partial charge >= 0.3 is 7.12 Å². The fourth-order valence-corrected chi connectivity index (χ4v) is 3.88. The predicted octanol–water partition coefficient (Wildman–Crippen LogP) is 2.28. The highest BCUT2D eigenvalue weighted by molar-refractivity contribution is 6.43. The number of rotatable bonds is 5. The third-order valence-electron chi connectivity index (χ3n) is 5.41. The molecule has 5 nitrogen and oxygen atoms in total. The molecule has 0 fully saturated rings. The molecule has 1 heterocycles. The molecule has 1 aliphatic carbocycles. The number of benzene rings is 2. The Hall–Kier alpha value is -2.57. The summed E-state index contributed by atoms with van der Waals surface area (Å²) in [6, 6.07) is 15.8. The van der Waals surface area contributed by atoms with Gasteiger partial charge in [0.15, 0.2) is 0 Å². The average Bonchev–Trinajstić information content (AvgIpc) is 3.10. The van der Waals surface area contributed by atoms with Gasteiger partial charge in [-0.1, -0.05) is 42.5 Å². The summed E-state index contributed by atoms with van der Waals surface area (Å²) in [6.45, 7) is 0. The van der Waals surface area contributed by atoms with Crippen LogP contribution in [0.15, 0.2) is 59.2 Å². The Kier molecular flexibility index (Phi) is 5.01. The molecule has 0 aliphatic heterocycles. The summed E-state index contributed by atoms with van der Waals surface area (Å²) >= 11 is 0. The van der Waals surface area contributed by atoms with Crippen LogP contribution in [0.4, 0.5) is 0 Å². The fourth-order valence-electron chi connectivity index (χ4n) is 3.88. The van der Waals surface area contributed by atoms with Crippen molar-refractivity contribution in [3.05, 3.63) is 71.5 Å². The lowest BCUT2D eigenvalue weighted by Crippen LogP contribution is -2.50. The van der Waals surface area contributed by atoms with Crippen LogP contribution < -0.4 is 5.32 Å². The Morgan fingerprint density at radius 2 is 1.89 bits per heavy atom. The summed E-state index contributed by atoms with van der Waals surface area (Å²) in [4.78, 5) is 12.8. The number of furan rings is 1. The summed E-state index contributed by atoms with van der Waals surface area (Å²) in [7, 11) is -1.64. The molecular weight excluding hydrogens is 341 g/mol. The van der Waals surface area contributed by atoms with Gasteiger partial charge in [0, 0.05) is 11.3 Å². The van der Waals surface area contributed by atoms with Crippen LogP contribution >= 0.6 is 0 Å². The third-order valence-corrected chi connectivity index (χ3v) is 5.41. The number of aryl methyl sites for hydroxylation is 1. The van der Waals surface area contributed by atoms with Crippen LogP contribution in [-0.4, -0.2) is 29.0 Å². The summed E-state index contributed by atoms with van der Waals surface area (Å²) < 4.78 is 5.51. The number of fused-ring (bicyclic) bond motifs is 2. The number of amides is 1. The number of hydrogen-bond acceptors (Lipinski definition) is 4. The van der Waals surface area contributed by atoms with Gasteiger partial charge in [-0.05, 0) is 48.4 Å². The molecule has 1 amide bonds. The predicted molar refractivity (Wildman–Crippen MR) is 104 cm³/mol. The molecule has 6 heteroatoms. The Balaban J connectivity index is 1.46. The van der Waals surface area contributed by atoms with Gasteiger partial charge in [0.2, 0.25) is 5.91 Å². The van der Waals surface area contributed by atoms with Gasteiger partial charge in [-0.3, -0.25) is 4.79 Å². The first-order chi connectivity index (χ1) is 13.1. The highest BCUT2D eigenvalue weighted by Gasteiger charge is 2.31. The molecule has 1 unspecified atom stereocenters. The first-order valence-electron chi connectivity index (χ1n) is 9.30. The van der Waals surface area contributed by atoms with Crippen LogP contribution in [0.25, 0.3) is 11.0 Å². The Morgan fingerprint density at radius 1 is 1.15 bits per heavy atom. The Labute approximate surface area is 158 Å². The fraction of sp³-hybridized carbons (Fsp3) is 0.286. The maximum Gasteiger partial charge on any atom is 0.475 e. The lowest BCUT2D eigenvalue weighted by Gasteiger charge is -2.26. The zero-order valence-corrected chi connectivity index (χ0v) is 15.0. The second-order valence-corrected chi connectivity index (χ2v) is 7.20. The van der Waals surface area contributed by atoms with Gasteiger partial charge in [-0.25, -0.2) is 0 Å². The summed E-state index contributed by atoms with van der Waals surface area (Å²) in [5.74, 6) is -1.06. The van der Waals surface area contributed by atoms with E-state index in [0.717, 1.165) is 29.4 Å². The maximum atomic E-state index is 12.8. The first-order valence-corrected chi connectivity index (χ1v) is 9.30. The van der Waals surface area contributed by atoms with E-state index in [1.54, 1.807) is 6.26 Å². The maximum absolute atomic E-state index is 12.8. The molecule has 138 valence electrons. The minimum atomic E-state index is -1.64. The van der Waals surface area contributed by atoms with E-state index in [-0.39, 0.29) is 11.8 Å². The quantitative estimate of drug-likeness (QED) is 0.608. The van der Waals surface area contributed by atoms with Crippen LogP contribution in [-0.2, 0) is 24.1 Å². The van der Waals surface area contributed by atoms with E-state index >= 15 is 0 Å². The van der Waals surface area contributed by atoms with Crippen molar-refractivity contribution in [1.29, 1.82) is 0 Å². The molecular formula is C21H22BNO4. The van der Waals surface area contributed by atoms with Crippen molar-refractivity contribution in [2.24, 2.45) is 5.92 Å². The van der Waals surface area contributed by atoms with Crippen molar-refractivity contribution >= 4 is 24.0 Å².